The van der Waals surface area contributed by atoms with Gasteiger partial charge in [0.05, 0.1) is 6.04 Å². The maximum Gasteiger partial charge on any atom is 0.220 e. The minimum absolute atomic E-state index is 0.148. The molecule has 0 saturated carbocycles. The number of amides is 1. The quantitative estimate of drug-likeness (QED) is 0.797. The van der Waals surface area contributed by atoms with Crippen LogP contribution in [0.4, 0.5) is 0 Å². The number of rotatable bonds is 6. The monoisotopic (exact) mass is 233 g/mol. The molecule has 1 atom stereocenters. The zero-order chi connectivity index (χ0) is 12.7. The number of carbonyl (C=O) groups excluding carboxylic acids is 1. The van der Waals surface area contributed by atoms with Crippen molar-refractivity contribution >= 4 is 5.91 Å². The summed E-state index contributed by atoms with van der Waals surface area (Å²) in [4.78, 5) is 11.7. The van der Waals surface area contributed by atoms with E-state index in [1.807, 2.05) is 25.1 Å². The molecule has 2 heteroatoms. The summed E-state index contributed by atoms with van der Waals surface area (Å²) in [6.07, 6.45) is 2.50. The highest BCUT2D eigenvalue weighted by Gasteiger charge is 2.15. The summed E-state index contributed by atoms with van der Waals surface area (Å²) in [7, 11) is 0. The van der Waals surface area contributed by atoms with E-state index in [1.54, 1.807) is 0 Å². The van der Waals surface area contributed by atoms with Gasteiger partial charge in [0.15, 0.2) is 0 Å². The van der Waals surface area contributed by atoms with E-state index in [9.17, 15) is 4.79 Å². The molecule has 0 aromatic heterocycles. The second-order valence-corrected chi connectivity index (χ2v) is 4.91. The van der Waals surface area contributed by atoms with E-state index < -0.39 is 0 Å². The molecule has 1 aromatic carbocycles. The van der Waals surface area contributed by atoms with Crippen LogP contribution in [0.1, 0.15) is 51.6 Å². The molecule has 0 bridgehead atoms. The van der Waals surface area contributed by atoms with Crippen LogP contribution in [-0.2, 0) is 4.79 Å². The maximum atomic E-state index is 11.7. The Labute approximate surface area is 104 Å². The maximum absolute atomic E-state index is 11.7. The molecular weight excluding hydrogens is 210 g/mol. The van der Waals surface area contributed by atoms with Gasteiger partial charge in [-0.3, -0.25) is 4.79 Å². The number of nitrogens with one attached hydrogen (secondary N) is 1. The lowest BCUT2D eigenvalue weighted by Gasteiger charge is -2.21. The summed E-state index contributed by atoms with van der Waals surface area (Å²) in [5, 5.41) is 3.13. The van der Waals surface area contributed by atoms with Crippen molar-refractivity contribution in [3.05, 3.63) is 35.9 Å². The van der Waals surface area contributed by atoms with Crippen molar-refractivity contribution in [3.63, 3.8) is 0 Å². The molecule has 17 heavy (non-hydrogen) atoms. The first-order valence-electron chi connectivity index (χ1n) is 6.47. The van der Waals surface area contributed by atoms with Crippen LogP contribution in [0.25, 0.3) is 0 Å². The summed E-state index contributed by atoms with van der Waals surface area (Å²) in [5.41, 5.74) is 1.20. The Hall–Kier alpha value is -1.31. The van der Waals surface area contributed by atoms with Gasteiger partial charge >= 0.3 is 0 Å². The minimum Gasteiger partial charge on any atom is -0.349 e. The standard InChI is InChI=1S/C15H23NO/c1-4-8-15(17)16-14(11-12(2)3)13-9-6-5-7-10-13/h5-7,9-10,12,14H,4,8,11H2,1-3H3,(H,16,17). The average Bonchev–Trinajstić information content (AvgIpc) is 2.29. The van der Waals surface area contributed by atoms with Crippen molar-refractivity contribution < 1.29 is 4.79 Å². The first kappa shape index (κ1) is 13.8. The van der Waals surface area contributed by atoms with E-state index in [-0.39, 0.29) is 11.9 Å². The smallest absolute Gasteiger partial charge is 0.220 e. The van der Waals surface area contributed by atoms with E-state index in [1.165, 1.54) is 5.56 Å². The van der Waals surface area contributed by atoms with Gasteiger partial charge < -0.3 is 5.32 Å². The van der Waals surface area contributed by atoms with Crippen LogP contribution in [0.15, 0.2) is 30.3 Å². The topological polar surface area (TPSA) is 29.1 Å². The van der Waals surface area contributed by atoms with Gasteiger partial charge in [0.1, 0.15) is 0 Å². The van der Waals surface area contributed by atoms with Crippen LogP contribution >= 0.6 is 0 Å². The van der Waals surface area contributed by atoms with Crippen LogP contribution in [0.2, 0.25) is 0 Å². The molecule has 0 aliphatic rings. The molecule has 0 heterocycles. The Morgan fingerprint density at radius 3 is 2.41 bits per heavy atom. The SMILES string of the molecule is CCCC(=O)NC(CC(C)C)c1ccccc1. The Bertz CT molecular complexity index is 332. The summed E-state index contributed by atoms with van der Waals surface area (Å²) in [6, 6.07) is 10.4. The lowest BCUT2D eigenvalue weighted by molar-refractivity contribution is -0.122. The Morgan fingerprint density at radius 2 is 1.88 bits per heavy atom. The largest absolute Gasteiger partial charge is 0.349 e. The van der Waals surface area contributed by atoms with Gasteiger partial charge in [-0.25, -0.2) is 0 Å². The predicted octanol–water partition coefficient (Wildman–Crippen LogP) is 3.69. The molecule has 1 aromatic rings. The molecular formula is C15H23NO. The molecule has 0 aliphatic heterocycles. The van der Waals surface area contributed by atoms with Crippen LogP contribution in [0.3, 0.4) is 0 Å². The van der Waals surface area contributed by atoms with E-state index in [2.05, 4.69) is 31.3 Å². The Morgan fingerprint density at radius 1 is 1.24 bits per heavy atom. The van der Waals surface area contributed by atoms with Gasteiger partial charge in [-0.2, -0.15) is 0 Å². The molecule has 94 valence electrons. The fourth-order valence-corrected chi connectivity index (χ4v) is 1.93. The van der Waals surface area contributed by atoms with Gasteiger partial charge in [-0.1, -0.05) is 51.1 Å². The van der Waals surface area contributed by atoms with Crippen LogP contribution in [0.5, 0.6) is 0 Å². The molecule has 0 aliphatic carbocycles. The van der Waals surface area contributed by atoms with Crippen LogP contribution in [0, 0.1) is 5.92 Å². The van der Waals surface area contributed by atoms with E-state index >= 15 is 0 Å². The molecule has 1 N–H and O–H groups in total. The molecule has 1 rings (SSSR count). The van der Waals surface area contributed by atoms with Gasteiger partial charge in [-0.05, 0) is 24.3 Å². The van der Waals surface area contributed by atoms with Crippen molar-refractivity contribution in [2.24, 2.45) is 5.92 Å². The fraction of sp³-hybridized carbons (Fsp3) is 0.533. The highest BCUT2D eigenvalue weighted by atomic mass is 16.1. The van der Waals surface area contributed by atoms with Crippen LogP contribution < -0.4 is 5.32 Å². The zero-order valence-electron chi connectivity index (χ0n) is 11.1. The molecule has 0 spiro atoms. The van der Waals surface area contributed by atoms with Gasteiger partial charge in [0.2, 0.25) is 5.91 Å². The number of carbonyl (C=O) groups is 1. The first-order valence-corrected chi connectivity index (χ1v) is 6.47. The van der Waals surface area contributed by atoms with Crippen LogP contribution in [-0.4, -0.2) is 5.91 Å². The third-order valence-electron chi connectivity index (χ3n) is 2.72. The van der Waals surface area contributed by atoms with E-state index in [4.69, 9.17) is 0 Å². The fourth-order valence-electron chi connectivity index (χ4n) is 1.93. The molecule has 0 fully saturated rings. The Balaban J connectivity index is 2.70. The molecule has 2 nitrogen and oxygen atoms in total. The lowest BCUT2D eigenvalue weighted by Crippen LogP contribution is -2.29. The third kappa shape index (κ3) is 5.03. The number of hydrogen-bond donors (Lipinski definition) is 1. The first-order chi connectivity index (χ1) is 8.13. The molecule has 1 unspecified atom stereocenters. The zero-order valence-corrected chi connectivity index (χ0v) is 11.1. The van der Waals surface area contributed by atoms with Crippen molar-refractivity contribution in [2.45, 2.75) is 46.1 Å². The second kappa shape index (κ2) is 7.10. The molecule has 1 amide bonds. The average molecular weight is 233 g/mol. The third-order valence-corrected chi connectivity index (χ3v) is 2.72. The highest BCUT2D eigenvalue weighted by molar-refractivity contribution is 5.76. The van der Waals surface area contributed by atoms with Gasteiger partial charge in [0.25, 0.3) is 0 Å². The summed E-state index contributed by atoms with van der Waals surface area (Å²) in [6.45, 7) is 6.39. The van der Waals surface area contributed by atoms with Crippen molar-refractivity contribution in [1.29, 1.82) is 0 Å². The summed E-state index contributed by atoms with van der Waals surface area (Å²) < 4.78 is 0. The summed E-state index contributed by atoms with van der Waals surface area (Å²) in [5.74, 6) is 0.726. The summed E-state index contributed by atoms with van der Waals surface area (Å²) >= 11 is 0. The highest BCUT2D eigenvalue weighted by Crippen LogP contribution is 2.21. The van der Waals surface area contributed by atoms with E-state index in [0.717, 1.165) is 12.8 Å². The van der Waals surface area contributed by atoms with Crippen molar-refractivity contribution in [2.75, 3.05) is 0 Å². The lowest BCUT2D eigenvalue weighted by atomic mass is 9.97. The second-order valence-electron chi connectivity index (χ2n) is 4.91. The minimum atomic E-state index is 0.148. The number of hydrogen-bond acceptors (Lipinski definition) is 1. The predicted molar refractivity (Wildman–Crippen MR) is 71.7 cm³/mol. The van der Waals surface area contributed by atoms with Gasteiger partial charge in [0, 0.05) is 6.42 Å². The normalized spacial score (nSPS) is 12.5. The molecule has 0 saturated heterocycles. The number of benzene rings is 1. The van der Waals surface area contributed by atoms with Gasteiger partial charge in [-0.15, -0.1) is 0 Å². The van der Waals surface area contributed by atoms with E-state index in [0.29, 0.717) is 12.3 Å². The molecule has 0 radical (unpaired) electrons. The van der Waals surface area contributed by atoms with Crippen molar-refractivity contribution in [3.8, 4) is 0 Å². The van der Waals surface area contributed by atoms with Crippen molar-refractivity contribution in [1.82, 2.24) is 5.32 Å². The Kier molecular flexibility index (Phi) is 5.75.